The lowest BCUT2D eigenvalue weighted by molar-refractivity contribution is 0.195. The van der Waals surface area contributed by atoms with E-state index < -0.39 is 0 Å². The maximum atomic E-state index is 5.54. The average molecular weight is 206 g/mol. The minimum Gasteiger partial charge on any atom is -0.376 e. The molecule has 84 valence electrons. The largest absolute Gasteiger partial charge is 0.376 e. The normalized spacial score (nSPS) is 31.8. The third-order valence-corrected chi connectivity index (χ3v) is 3.57. The van der Waals surface area contributed by atoms with Crippen LogP contribution < -0.4 is 0 Å². The van der Waals surface area contributed by atoms with Crippen molar-refractivity contribution in [2.45, 2.75) is 39.0 Å². The summed E-state index contributed by atoms with van der Waals surface area (Å²) >= 11 is 0. The van der Waals surface area contributed by atoms with E-state index in [1.165, 1.54) is 37.7 Å². The van der Waals surface area contributed by atoms with E-state index >= 15 is 0 Å². The Balaban J connectivity index is 1.97. The van der Waals surface area contributed by atoms with Crippen LogP contribution >= 0.6 is 0 Å². The molecular weight excluding hydrogens is 184 g/mol. The van der Waals surface area contributed by atoms with Crippen molar-refractivity contribution >= 4 is 0 Å². The van der Waals surface area contributed by atoms with Crippen molar-refractivity contribution in [1.29, 1.82) is 0 Å². The summed E-state index contributed by atoms with van der Waals surface area (Å²) in [7, 11) is 0. The molecule has 0 spiro atoms. The molecular formula is C14H22O. The molecule has 0 aromatic carbocycles. The molecule has 2 fully saturated rings. The van der Waals surface area contributed by atoms with Crippen LogP contribution in [0.1, 0.15) is 39.0 Å². The van der Waals surface area contributed by atoms with E-state index in [0.717, 1.165) is 19.1 Å². The maximum Gasteiger partial charge on any atom is 0.0683 e. The molecule has 1 aliphatic heterocycles. The number of allylic oxidation sites excluding steroid dienone is 2. The van der Waals surface area contributed by atoms with Crippen LogP contribution in [0.3, 0.4) is 0 Å². The molecule has 2 aliphatic rings. The van der Waals surface area contributed by atoms with Crippen LogP contribution in [-0.4, -0.2) is 13.2 Å². The number of hydrogen-bond acceptors (Lipinski definition) is 1. The van der Waals surface area contributed by atoms with Crippen LogP contribution in [0.15, 0.2) is 23.8 Å². The predicted octanol–water partition coefficient (Wildman–Crippen LogP) is 3.72. The minimum atomic E-state index is 0.567. The lowest BCUT2D eigenvalue weighted by atomic mass is 9.86. The standard InChI is InChI=1S/C14H22O/c1-2-6-13-10-15-11-14(13)9-12-7-4-3-5-8-12/h2,6,9,12-13H,3-5,7-8,10-11H2,1H3. The molecule has 1 atom stereocenters. The van der Waals surface area contributed by atoms with Gasteiger partial charge in [0.15, 0.2) is 0 Å². The summed E-state index contributed by atoms with van der Waals surface area (Å²) < 4.78 is 5.54. The van der Waals surface area contributed by atoms with E-state index in [-0.39, 0.29) is 0 Å². The Morgan fingerprint density at radius 2 is 2.00 bits per heavy atom. The molecule has 0 aromatic rings. The van der Waals surface area contributed by atoms with Crippen molar-refractivity contribution in [3.05, 3.63) is 23.8 Å². The Morgan fingerprint density at radius 1 is 1.20 bits per heavy atom. The molecule has 15 heavy (non-hydrogen) atoms. The Bertz CT molecular complexity index is 246. The Hall–Kier alpha value is -0.560. The first-order valence-electron chi connectivity index (χ1n) is 6.31. The molecule has 2 rings (SSSR count). The number of ether oxygens (including phenoxy) is 1. The second-order valence-electron chi connectivity index (χ2n) is 4.79. The lowest BCUT2D eigenvalue weighted by Gasteiger charge is -2.19. The van der Waals surface area contributed by atoms with E-state index in [0.29, 0.717) is 5.92 Å². The molecule has 0 aromatic heterocycles. The summed E-state index contributed by atoms with van der Waals surface area (Å²) in [6, 6.07) is 0. The van der Waals surface area contributed by atoms with Crippen molar-refractivity contribution in [3.63, 3.8) is 0 Å². The van der Waals surface area contributed by atoms with Crippen LogP contribution in [0.4, 0.5) is 0 Å². The summed E-state index contributed by atoms with van der Waals surface area (Å²) in [5, 5.41) is 0. The first kappa shape index (κ1) is 10.9. The van der Waals surface area contributed by atoms with Crippen molar-refractivity contribution in [2.24, 2.45) is 11.8 Å². The number of rotatable bonds is 2. The van der Waals surface area contributed by atoms with Gasteiger partial charge >= 0.3 is 0 Å². The van der Waals surface area contributed by atoms with Gasteiger partial charge in [-0.2, -0.15) is 0 Å². The second-order valence-corrected chi connectivity index (χ2v) is 4.79. The smallest absolute Gasteiger partial charge is 0.0683 e. The van der Waals surface area contributed by atoms with Gasteiger partial charge in [0.2, 0.25) is 0 Å². The fraction of sp³-hybridized carbons (Fsp3) is 0.714. The highest BCUT2D eigenvalue weighted by Gasteiger charge is 2.21. The van der Waals surface area contributed by atoms with E-state index in [4.69, 9.17) is 4.74 Å². The minimum absolute atomic E-state index is 0.567. The second kappa shape index (κ2) is 5.50. The molecule has 1 aliphatic carbocycles. The monoisotopic (exact) mass is 206 g/mol. The zero-order valence-electron chi connectivity index (χ0n) is 9.74. The maximum absolute atomic E-state index is 5.54. The van der Waals surface area contributed by atoms with Gasteiger partial charge in [-0.25, -0.2) is 0 Å². The van der Waals surface area contributed by atoms with Gasteiger partial charge < -0.3 is 4.74 Å². The van der Waals surface area contributed by atoms with Crippen molar-refractivity contribution in [3.8, 4) is 0 Å². The summed E-state index contributed by atoms with van der Waals surface area (Å²) in [6.07, 6.45) is 14.0. The van der Waals surface area contributed by atoms with Crippen LogP contribution in [0.5, 0.6) is 0 Å². The first-order chi connectivity index (χ1) is 7.40. The van der Waals surface area contributed by atoms with Gasteiger partial charge in [-0.1, -0.05) is 37.5 Å². The van der Waals surface area contributed by atoms with Crippen LogP contribution in [-0.2, 0) is 4.74 Å². The highest BCUT2D eigenvalue weighted by atomic mass is 16.5. The Kier molecular flexibility index (Phi) is 4.01. The van der Waals surface area contributed by atoms with E-state index in [9.17, 15) is 0 Å². The highest BCUT2D eigenvalue weighted by molar-refractivity contribution is 5.18. The van der Waals surface area contributed by atoms with Crippen molar-refractivity contribution in [2.75, 3.05) is 13.2 Å². The molecule has 1 heterocycles. The van der Waals surface area contributed by atoms with Gasteiger partial charge in [-0.15, -0.1) is 0 Å². The summed E-state index contributed by atoms with van der Waals surface area (Å²) in [5.74, 6) is 1.40. The van der Waals surface area contributed by atoms with Gasteiger partial charge in [0.1, 0.15) is 0 Å². The average Bonchev–Trinajstić information content (AvgIpc) is 2.68. The van der Waals surface area contributed by atoms with Gasteiger partial charge in [0.05, 0.1) is 13.2 Å². The molecule has 0 radical (unpaired) electrons. The van der Waals surface area contributed by atoms with E-state index in [1.807, 2.05) is 0 Å². The van der Waals surface area contributed by atoms with Crippen molar-refractivity contribution < 1.29 is 4.74 Å². The molecule has 0 bridgehead atoms. The lowest BCUT2D eigenvalue weighted by Crippen LogP contribution is -2.06. The third-order valence-electron chi connectivity index (χ3n) is 3.57. The summed E-state index contributed by atoms with van der Waals surface area (Å²) in [4.78, 5) is 0. The van der Waals surface area contributed by atoms with Crippen LogP contribution in [0.25, 0.3) is 0 Å². The third kappa shape index (κ3) is 2.94. The van der Waals surface area contributed by atoms with Gasteiger partial charge in [-0.05, 0) is 31.3 Å². The molecule has 1 nitrogen and oxygen atoms in total. The van der Waals surface area contributed by atoms with Crippen LogP contribution in [0.2, 0.25) is 0 Å². The highest BCUT2D eigenvalue weighted by Crippen LogP contribution is 2.29. The molecule has 1 saturated carbocycles. The molecule has 0 N–H and O–H groups in total. The zero-order valence-corrected chi connectivity index (χ0v) is 9.74. The Morgan fingerprint density at radius 3 is 2.73 bits per heavy atom. The summed E-state index contributed by atoms with van der Waals surface area (Å²) in [5.41, 5.74) is 1.53. The molecule has 1 unspecified atom stereocenters. The zero-order chi connectivity index (χ0) is 10.5. The molecule has 1 heteroatoms. The van der Waals surface area contributed by atoms with E-state index in [2.05, 4.69) is 25.2 Å². The van der Waals surface area contributed by atoms with Gasteiger partial charge in [-0.3, -0.25) is 0 Å². The Labute approximate surface area is 93.2 Å². The topological polar surface area (TPSA) is 9.23 Å². The molecule has 0 amide bonds. The molecule has 1 saturated heterocycles. The van der Waals surface area contributed by atoms with Crippen molar-refractivity contribution in [1.82, 2.24) is 0 Å². The number of hydrogen-bond donors (Lipinski definition) is 0. The first-order valence-corrected chi connectivity index (χ1v) is 6.31. The van der Waals surface area contributed by atoms with Gasteiger partial charge in [0, 0.05) is 5.92 Å². The van der Waals surface area contributed by atoms with Crippen LogP contribution in [0, 0.1) is 11.8 Å². The van der Waals surface area contributed by atoms with E-state index in [1.54, 1.807) is 0 Å². The fourth-order valence-corrected chi connectivity index (χ4v) is 2.70. The predicted molar refractivity (Wildman–Crippen MR) is 63.8 cm³/mol. The fourth-order valence-electron chi connectivity index (χ4n) is 2.70. The quantitative estimate of drug-likeness (QED) is 0.626. The van der Waals surface area contributed by atoms with Gasteiger partial charge in [0.25, 0.3) is 0 Å². The SMILES string of the molecule is CC=CC1COCC1=CC1CCCCC1. The summed E-state index contributed by atoms with van der Waals surface area (Å²) in [6.45, 7) is 3.85.